The molecule has 7 heteroatoms. The van der Waals surface area contributed by atoms with Crippen molar-refractivity contribution in [2.45, 2.75) is 32.5 Å². The summed E-state index contributed by atoms with van der Waals surface area (Å²) in [6, 6.07) is 0. The molecular weight excluding hydrogens is 316 g/mol. The second-order valence-electron chi connectivity index (χ2n) is 5.73. The van der Waals surface area contributed by atoms with Crippen LogP contribution in [0.15, 0.2) is 36.5 Å². The first-order chi connectivity index (χ1) is 11.1. The van der Waals surface area contributed by atoms with E-state index >= 15 is 0 Å². The van der Waals surface area contributed by atoms with Gasteiger partial charge in [-0.2, -0.15) is 0 Å². The van der Waals surface area contributed by atoms with E-state index in [2.05, 4.69) is 24.5 Å². The highest BCUT2D eigenvalue weighted by Gasteiger charge is 2.35. The smallest absolute Gasteiger partial charge is 0.341 e. The van der Waals surface area contributed by atoms with Crippen LogP contribution in [0, 0.1) is 5.92 Å². The summed E-state index contributed by atoms with van der Waals surface area (Å²) >= 11 is 0. The number of aliphatic hydroxyl groups excluding tert-OH is 1. The van der Waals surface area contributed by atoms with E-state index < -0.39 is 29.9 Å². The van der Waals surface area contributed by atoms with Gasteiger partial charge in [0.05, 0.1) is 18.8 Å². The van der Waals surface area contributed by atoms with Gasteiger partial charge in [-0.15, -0.1) is 0 Å². The van der Waals surface area contributed by atoms with Crippen molar-refractivity contribution in [3.8, 4) is 0 Å². The van der Waals surface area contributed by atoms with Gasteiger partial charge in [-0.05, 0) is 20.3 Å². The van der Waals surface area contributed by atoms with Gasteiger partial charge >= 0.3 is 17.9 Å². The van der Waals surface area contributed by atoms with Gasteiger partial charge < -0.3 is 19.3 Å². The number of epoxide rings is 1. The number of hydrogen-bond acceptors (Lipinski definition) is 7. The third-order valence-electron chi connectivity index (χ3n) is 3.36. The van der Waals surface area contributed by atoms with Crippen molar-refractivity contribution in [2.75, 3.05) is 13.2 Å². The zero-order valence-electron chi connectivity index (χ0n) is 13.9. The van der Waals surface area contributed by atoms with Crippen molar-refractivity contribution >= 4 is 17.9 Å². The molecule has 1 aliphatic heterocycles. The average molecular weight is 338 g/mol. The number of rotatable bonds is 9. The Balaban J connectivity index is 2.71. The third kappa shape index (κ3) is 6.10. The number of esters is 3. The minimum Gasteiger partial charge on any atom is -0.460 e. The molecule has 24 heavy (non-hydrogen) atoms. The lowest BCUT2D eigenvalue weighted by Gasteiger charge is -2.23. The van der Waals surface area contributed by atoms with Crippen LogP contribution in [0.1, 0.15) is 20.3 Å². The van der Waals surface area contributed by atoms with Gasteiger partial charge in [-0.1, -0.05) is 19.7 Å². The van der Waals surface area contributed by atoms with E-state index in [0.717, 1.165) is 0 Å². The Morgan fingerprint density at radius 1 is 1.12 bits per heavy atom. The van der Waals surface area contributed by atoms with Gasteiger partial charge in [0.25, 0.3) is 0 Å². The van der Waals surface area contributed by atoms with Crippen LogP contribution in [0.25, 0.3) is 0 Å². The molecule has 0 spiro atoms. The van der Waals surface area contributed by atoms with Crippen LogP contribution in [-0.2, 0) is 28.6 Å². The van der Waals surface area contributed by atoms with Crippen LogP contribution in [0.5, 0.6) is 0 Å². The van der Waals surface area contributed by atoms with Crippen molar-refractivity contribution in [2.24, 2.45) is 5.92 Å². The number of aliphatic hydroxyl groups is 1. The molecule has 1 N–H and O–H groups in total. The quantitative estimate of drug-likeness (QED) is 0.290. The maximum atomic E-state index is 12.0. The van der Waals surface area contributed by atoms with E-state index in [1.165, 1.54) is 13.8 Å². The number of carbonyl (C=O) groups excluding carboxylic acids is 3. The van der Waals surface area contributed by atoms with E-state index in [-0.39, 0.29) is 29.4 Å². The zero-order chi connectivity index (χ0) is 18.4. The lowest BCUT2D eigenvalue weighted by atomic mass is 9.90. The SMILES string of the molecule is C=C(C)C(=O)OCC(O)C(CC1CO1)C(=C)C(=O)OC(=O)C(=C)C. The van der Waals surface area contributed by atoms with Gasteiger partial charge in [0.15, 0.2) is 0 Å². The van der Waals surface area contributed by atoms with Crippen LogP contribution >= 0.6 is 0 Å². The Labute approximate surface area is 140 Å². The summed E-state index contributed by atoms with van der Waals surface area (Å²) < 4.78 is 14.6. The summed E-state index contributed by atoms with van der Waals surface area (Å²) in [7, 11) is 0. The molecule has 1 saturated heterocycles. The molecule has 3 atom stereocenters. The van der Waals surface area contributed by atoms with Crippen LogP contribution in [0.2, 0.25) is 0 Å². The Kier molecular flexibility index (Phi) is 7.06. The summed E-state index contributed by atoms with van der Waals surface area (Å²) in [5, 5.41) is 10.2. The molecule has 7 nitrogen and oxygen atoms in total. The van der Waals surface area contributed by atoms with Crippen molar-refractivity contribution in [1.29, 1.82) is 0 Å². The van der Waals surface area contributed by atoms with Crippen LogP contribution in [0.3, 0.4) is 0 Å². The zero-order valence-corrected chi connectivity index (χ0v) is 13.9. The Morgan fingerprint density at radius 2 is 1.67 bits per heavy atom. The van der Waals surface area contributed by atoms with Crippen molar-refractivity contribution in [3.05, 3.63) is 36.5 Å². The minimum atomic E-state index is -1.20. The van der Waals surface area contributed by atoms with Gasteiger partial charge in [-0.3, -0.25) is 0 Å². The van der Waals surface area contributed by atoms with Crippen LogP contribution in [0.4, 0.5) is 0 Å². The Morgan fingerprint density at radius 3 is 2.12 bits per heavy atom. The summed E-state index contributed by atoms with van der Waals surface area (Å²) in [5.41, 5.74) is 0.155. The molecule has 0 aromatic rings. The highest BCUT2D eigenvalue weighted by Crippen LogP contribution is 2.28. The first-order valence-electron chi connectivity index (χ1n) is 7.36. The molecule has 1 heterocycles. The molecule has 0 saturated carbocycles. The van der Waals surface area contributed by atoms with E-state index in [9.17, 15) is 19.5 Å². The monoisotopic (exact) mass is 338 g/mol. The first-order valence-corrected chi connectivity index (χ1v) is 7.36. The fourth-order valence-corrected chi connectivity index (χ4v) is 1.81. The Bertz CT molecular complexity index is 571. The maximum absolute atomic E-state index is 12.0. The van der Waals surface area contributed by atoms with Crippen molar-refractivity contribution in [1.82, 2.24) is 0 Å². The number of carbonyl (C=O) groups is 3. The molecule has 3 unspecified atom stereocenters. The number of hydrogen-bond donors (Lipinski definition) is 1. The molecule has 1 aliphatic rings. The lowest BCUT2D eigenvalue weighted by Crippen LogP contribution is -2.33. The van der Waals surface area contributed by atoms with Crippen LogP contribution in [-0.4, -0.2) is 48.4 Å². The molecule has 1 rings (SSSR count). The fourth-order valence-electron chi connectivity index (χ4n) is 1.81. The predicted octanol–water partition coefficient (Wildman–Crippen LogP) is 1.07. The van der Waals surface area contributed by atoms with E-state index in [0.29, 0.717) is 13.0 Å². The summed E-state index contributed by atoms with van der Waals surface area (Å²) in [5.74, 6) is -3.26. The normalized spacial score (nSPS) is 18.0. The highest BCUT2D eigenvalue weighted by atomic mass is 16.6. The molecule has 0 bridgehead atoms. The standard InChI is InChI=1S/C17H22O7/c1-9(2)15(19)23-8-14(18)13(6-12-7-22-12)11(5)17(21)24-16(20)10(3)4/h12-14,18H,1,3,5-8H2,2,4H3. The lowest BCUT2D eigenvalue weighted by molar-refractivity contribution is -0.154. The molecule has 0 aromatic heterocycles. The molecule has 132 valence electrons. The molecule has 0 aliphatic carbocycles. The van der Waals surface area contributed by atoms with Gasteiger partial charge in [0.1, 0.15) is 6.61 Å². The largest absolute Gasteiger partial charge is 0.460 e. The third-order valence-corrected chi connectivity index (χ3v) is 3.36. The first kappa shape index (κ1) is 19.8. The van der Waals surface area contributed by atoms with Crippen molar-refractivity contribution < 1.29 is 33.7 Å². The van der Waals surface area contributed by atoms with Crippen LogP contribution < -0.4 is 0 Å². The predicted molar refractivity (Wildman–Crippen MR) is 84.7 cm³/mol. The Hall–Kier alpha value is -2.25. The highest BCUT2D eigenvalue weighted by molar-refractivity contribution is 6.01. The van der Waals surface area contributed by atoms with E-state index in [1.54, 1.807) is 0 Å². The molecule has 1 fully saturated rings. The fraction of sp³-hybridized carbons (Fsp3) is 0.471. The van der Waals surface area contributed by atoms with Crippen molar-refractivity contribution in [3.63, 3.8) is 0 Å². The second kappa shape index (κ2) is 8.56. The van der Waals surface area contributed by atoms with E-state index in [1.807, 2.05) is 0 Å². The maximum Gasteiger partial charge on any atom is 0.341 e. The molecule has 0 aromatic carbocycles. The molecule has 0 radical (unpaired) electrons. The summed E-state index contributed by atoms with van der Waals surface area (Å²) in [6.45, 7) is 13.5. The minimum absolute atomic E-state index is 0.0640. The van der Waals surface area contributed by atoms with Gasteiger partial charge in [0.2, 0.25) is 0 Å². The van der Waals surface area contributed by atoms with E-state index in [4.69, 9.17) is 9.47 Å². The molecular formula is C17H22O7. The summed E-state index contributed by atoms with van der Waals surface area (Å²) in [4.78, 5) is 34.8. The summed E-state index contributed by atoms with van der Waals surface area (Å²) in [6.07, 6.45) is -1.03. The van der Waals surface area contributed by atoms with Gasteiger partial charge in [-0.25, -0.2) is 14.4 Å². The number of ether oxygens (including phenoxy) is 3. The molecule has 0 amide bonds. The van der Waals surface area contributed by atoms with Gasteiger partial charge in [0, 0.05) is 22.6 Å². The topological polar surface area (TPSA) is 102 Å². The second-order valence-corrected chi connectivity index (χ2v) is 5.73. The average Bonchev–Trinajstić information content (AvgIpc) is 3.32.